The van der Waals surface area contributed by atoms with Gasteiger partial charge in [0.25, 0.3) is 5.91 Å². The van der Waals surface area contributed by atoms with Gasteiger partial charge in [0.05, 0.1) is 12.2 Å². The minimum atomic E-state index is -0.773. The SMILES string of the molecule is COCCNC(=O)c1cc2ccc(OC(=O)c3ccc(C)c(C)c3)cc2oc1=O. The number of carbonyl (C=O) groups is 2. The van der Waals surface area contributed by atoms with Crippen molar-refractivity contribution in [1.29, 1.82) is 0 Å². The lowest BCUT2D eigenvalue weighted by atomic mass is 10.1. The molecule has 1 N–H and O–H groups in total. The molecule has 0 spiro atoms. The maximum absolute atomic E-state index is 12.4. The lowest BCUT2D eigenvalue weighted by Gasteiger charge is -2.08. The standard InChI is InChI=1S/C22H21NO6/c1-13-4-5-16(10-14(13)2)21(25)28-17-7-6-15-11-18(20(24)23-8-9-27-3)22(26)29-19(15)12-17/h4-7,10-12H,8-9H2,1-3H3,(H,23,24). The van der Waals surface area contributed by atoms with E-state index in [0.717, 1.165) is 11.1 Å². The third-order valence-electron chi connectivity index (χ3n) is 4.50. The second-order valence-electron chi connectivity index (χ2n) is 6.58. The minimum Gasteiger partial charge on any atom is -0.423 e. The second kappa shape index (κ2) is 8.70. The zero-order valence-electron chi connectivity index (χ0n) is 16.4. The van der Waals surface area contributed by atoms with E-state index in [1.807, 2.05) is 19.9 Å². The Bertz CT molecular complexity index is 1130. The number of esters is 1. The van der Waals surface area contributed by atoms with Gasteiger partial charge in [-0.25, -0.2) is 9.59 Å². The van der Waals surface area contributed by atoms with E-state index in [0.29, 0.717) is 17.6 Å². The van der Waals surface area contributed by atoms with Crippen molar-refractivity contribution in [3.63, 3.8) is 0 Å². The highest BCUT2D eigenvalue weighted by Crippen LogP contribution is 2.22. The van der Waals surface area contributed by atoms with Crippen LogP contribution in [0.25, 0.3) is 11.0 Å². The molecule has 0 aliphatic rings. The molecule has 3 rings (SSSR count). The summed E-state index contributed by atoms with van der Waals surface area (Å²) in [6.45, 7) is 4.49. The number of hydrogen-bond acceptors (Lipinski definition) is 6. The highest BCUT2D eigenvalue weighted by molar-refractivity contribution is 5.97. The van der Waals surface area contributed by atoms with Crippen molar-refractivity contribution in [3.05, 3.63) is 75.1 Å². The Balaban J connectivity index is 1.82. The molecule has 1 heterocycles. The number of hydrogen-bond donors (Lipinski definition) is 1. The monoisotopic (exact) mass is 395 g/mol. The first-order valence-electron chi connectivity index (χ1n) is 9.03. The maximum Gasteiger partial charge on any atom is 0.349 e. The number of fused-ring (bicyclic) bond motifs is 1. The van der Waals surface area contributed by atoms with Crippen molar-refractivity contribution in [2.45, 2.75) is 13.8 Å². The third kappa shape index (κ3) is 4.70. The molecule has 0 saturated carbocycles. The molecule has 0 atom stereocenters. The van der Waals surface area contributed by atoms with Crippen molar-refractivity contribution in [2.24, 2.45) is 0 Å². The summed E-state index contributed by atoms with van der Waals surface area (Å²) >= 11 is 0. The quantitative estimate of drug-likeness (QED) is 0.298. The molecule has 3 aromatic rings. The van der Waals surface area contributed by atoms with Gasteiger partial charge in [0.1, 0.15) is 16.9 Å². The van der Waals surface area contributed by atoms with Gasteiger partial charge in [0.2, 0.25) is 0 Å². The Hall–Kier alpha value is -3.45. The minimum absolute atomic E-state index is 0.103. The summed E-state index contributed by atoms with van der Waals surface area (Å²) in [6, 6.07) is 11.4. The molecule has 0 fully saturated rings. The third-order valence-corrected chi connectivity index (χ3v) is 4.50. The predicted molar refractivity (Wildman–Crippen MR) is 108 cm³/mol. The first kappa shape index (κ1) is 20.3. The summed E-state index contributed by atoms with van der Waals surface area (Å²) in [5.41, 5.74) is 1.83. The van der Waals surface area contributed by atoms with Crippen molar-refractivity contribution in [3.8, 4) is 5.75 Å². The van der Waals surface area contributed by atoms with Crippen molar-refractivity contribution in [2.75, 3.05) is 20.3 Å². The van der Waals surface area contributed by atoms with Gasteiger partial charge in [-0.2, -0.15) is 0 Å². The van der Waals surface area contributed by atoms with Gasteiger partial charge in [-0.3, -0.25) is 4.79 Å². The normalized spacial score (nSPS) is 10.7. The lowest BCUT2D eigenvalue weighted by molar-refractivity contribution is 0.0734. The molecule has 0 bridgehead atoms. The summed E-state index contributed by atoms with van der Waals surface area (Å²) in [6.07, 6.45) is 0. The lowest BCUT2D eigenvalue weighted by Crippen LogP contribution is -2.30. The van der Waals surface area contributed by atoms with E-state index in [1.54, 1.807) is 24.3 Å². The van der Waals surface area contributed by atoms with Crippen molar-refractivity contribution in [1.82, 2.24) is 5.32 Å². The van der Waals surface area contributed by atoms with Crippen LogP contribution in [-0.2, 0) is 4.74 Å². The number of ether oxygens (including phenoxy) is 2. The number of aryl methyl sites for hydroxylation is 2. The topological polar surface area (TPSA) is 94.8 Å². The van der Waals surface area contributed by atoms with Crippen LogP contribution < -0.4 is 15.7 Å². The highest BCUT2D eigenvalue weighted by atomic mass is 16.5. The van der Waals surface area contributed by atoms with E-state index in [4.69, 9.17) is 13.9 Å². The Morgan fingerprint density at radius 1 is 1.03 bits per heavy atom. The van der Waals surface area contributed by atoms with Crippen molar-refractivity contribution < 1.29 is 23.5 Å². The summed E-state index contributed by atoms with van der Waals surface area (Å²) in [5, 5.41) is 3.11. The first-order chi connectivity index (χ1) is 13.9. The van der Waals surface area contributed by atoms with E-state index >= 15 is 0 Å². The molecule has 7 heteroatoms. The Morgan fingerprint density at radius 3 is 2.55 bits per heavy atom. The van der Waals surface area contributed by atoms with Crippen LogP contribution in [0.15, 0.2) is 51.7 Å². The zero-order chi connectivity index (χ0) is 21.0. The fourth-order valence-corrected chi connectivity index (χ4v) is 2.71. The van der Waals surface area contributed by atoms with Crippen LogP contribution in [-0.4, -0.2) is 32.1 Å². The van der Waals surface area contributed by atoms with Crippen LogP contribution in [0.3, 0.4) is 0 Å². The number of rotatable bonds is 6. The van der Waals surface area contributed by atoms with Gasteiger partial charge in [-0.1, -0.05) is 6.07 Å². The number of amides is 1. The fourth-order valence-electron chi connectivity index (χ4n) is 2.71. The Labute approximate surface area is 167 Å². The average Bonchev–Trinajstić information content (AvgIpc) is 2.69. The van der Waals surface area contributed by atoms with E-state index < -0.39 is 17.5 Å². The highest BCUT2D eigenvalue weighted by Gasteiger charge is 2.15. The molecular weight excluding hydrogens is 374 g/mol. The summed E-state index contributed by atoms with van der Waals surface area (Å²) in [7, 11) is 1.51. The number of nitrogens with one attached hydrogen (secondary N) is 1. The number of carbonyl (C=O) groups excluding carboxylic acids is 2. The molecule has 0 aliphatic heterocycles. The van der Waals surface area contributed by atoms with Gasteiger partial charge in [-0.15, -0.1) is 0 Å². The summed E-state index contributed by atoms with van der Waals surface area (Å²) in [5.74, 6) is -0.812. The fraction of sp³-hybridized carbons (Fsp3) is 0.227. The zero-order valence-corrected chi connectivity index (χ0v) is 16.4. The smallest absolute Gasteiger partial charge is 0.349 e. The van der Waals surface area contributed by atoms with Crippen LogP contribution in [0.4, 0.5) is 0 Å². The first-order valence-corrected chi connectivity index (χ1v) is 9.03. The molecule has 1 amide bonds. The molecule has 0 unspecified atom stereocenters. The molecule has 1 aromatic heterocycles. The average molecular weight is 395 g/mol. The van der Waals surface area contributed by atoms with Crippen molar-refractivity contribution >= 4 is 22.8 Å². The predicted octanol–water partition coefficient (Wildman–Crippen LogP) is 3.01. The number of methoxy groups -OCH3 is 1. The van der Waals surface area contributed by atoms with Crippen LogP contribution in [0, 0.1) is 13.8 Å². The molecule has 150 valence electrons. The number of benzene rings is 2. The van der Waals surface area contributed by atoms with E-state index in [9.17, 15) is 14.4 Å². The maximum atomic E-state index is 12.4. The molecule has 0 radical (unpaired) electrons. The van der Waals surface area contributed by atoms with Crippen LogP contribution in [0.2, 0.25) is 0 Å². The molecule has 29 heavy (non-hydrogen) atoms. The molecule has 0 aliphatic carbocycles. The van der Waals surface area contributed by atoms with Gasteiger partial charge in [-0.05, 0) is 55.3 Å². The summed E-state index contributed by atoms with van der Waals surface area (Å²) < 4.78 is 15.5. The van der Waals surface area contributed by atoms with Gasteiger partial charge in [0.15, 0.2) is 0 Å². The molecular formula is C22H21NO6. The summed E-state index contributed by atoms with van der Waals surface area (Å²) in [4.78, 5) is 36.6. The van der Waals surface area contributed by atoms with E-state index in [-0.39, 0.29) is 23.4 Å². The van der Waals surface area contributed by atoms with Crippen LogP contribution in [0.1, 0.15) is 31.8 Å². The Morgan fingerprint density at radius 2 is 1.83 bits per heavy atom. The molecule has 0 saturated heterocycles. The van der Waals surface area contributed by atoms with E-state index in [1.165, 1.54) is 19.2 Å². The van der Waals surface area contributed by atoms with E-state index in [2.05, 4.69) is 5.32 Å². The van der Waals surface area contributed by atoms with Gasteiger partial charge < -0.3 is 19.2 Å². The van der Waals surface area contributed by atoms with Gasteiger partial charge >= 0.3 is 11.6 Å². The second-order valence-corrected chi connectivity index (χ2v) is 6.58. The molecule has 2 aromatic carbocycles. The van der Waals surface area contributed by atoms with Crippen LogP contribution >= 0.6 is 0 Å². The van der Waals surface area contributed by atoms with Crippen LogP contribution in [0.5, 0.6) is 5.75 Å². The Kier molecular flexibility index (Phi) is 6.09. The largest absolute Gasteiger partial charge is 0.423 e. The van der Waals surface area contributed by atoms with Gasteiger partial charge in [0, 0.05) is 25.1 Å². The molecule has 7 nitrogen and oxygen atoms in total.